The number of hydrogen-bond donors (Lipinski definition) is 1. The van der Waals surface area contributed by atoms with Gasteiger partial charge in [0.2, 0.25) is 0 Å². The van der Waals surface area contributed by atoms with E-state index in [2.05, 4.69) is 35.8 Å². The molecule has 4 heteroatoms. The molecule has 21 heavy (non-hydrogen) atoms. The van der Waals surface area contributed by atoms with Crippen molar-refractivity contribution in [3.8, 4) is 11.8 Å². The number of aromatic nitrogens is 3. The molecule has 0 spiro atoms. The van der Waals surface area contributed by atoms with Crippen molar-refractivity contribution >= 4 is 11.3 Å². The second-order valence-corrected chi connectivity index (χ2v) is 5.19. The molecule has 0 aliphatic heterocycles. The Morgan fingerprint density at radius 3 is 2.86 bits per heavy atom. The van der Waals surface area contributed by atoms with Crippen molar-refractivity contribution in [2.24, 2.45) is 0 Å². The van der Waals surface area contributed by atoms with Crippen molar-refractivity contribution in [1.82, 2.24) is 14.6 Å². The van der Waals surface area contributed by atoms with E-state index in [0.29, 0.717) is 5.92 Å². The fraction of sp³-hybridized carbons (Fsp3) is 0.176. The van der Waals surface area contributed by atoms with Gasteiger partial charge in [0.25, 0.3) is 0 Å². The molecule has 2 aromatic heterocycles. The number of imidazole rings is 1. The predicted octanol–water partition coefficient (Wildman–Crippen LogP) is 2.83. The Bertz CT molecular complexity index is 850. The summed E-state index contributed by atoms with van der Waals surface area (Å²) in [6.45, 7) is 4.29. The van der Waals surface area contributed by atoms with Gasteiger partial charge in [-0.25, -0.2) is 9.50 Å². The molecule has 104 valence electrons. The second kappa shape index (κ2) is 5.29. The van der Waals surface area contributed by atoms with Gasteiger partial charge in [0.15, 0.2) is 5.65 Å². The minimum Gasteiger partial charge on any atom is -0.399 e. The maximum absolute atomic E-state index is 5.87. The summed E-state index contributed by atoms with van der Waals surface area (Å²) < 4.78 is 1.73. The molecule has 0 atom stereocenters. The van der Waals surface area contributed by atoms with E-state index in [4.69, 9.17) is 5.73 Å². The Kier molecular flexibility index (Phi) is 3.33. The molecule has 0 bridgehead atoms. The zero-order chi connectivity index (χ0) is 14.8. The predicted molar refractivity (Wildman–Crippen MR) is 83.9 cm³/mol. The summed E-state index contributed by atoms with van der Waals surface area (Å²) in [5, 5.41) is 4.26. The first kappa shape index (κ1) is 13.2. The smallest absolute Gasteiger partial charge is 0.154 e. The number of fused-ring (bicyclic) bond motifs is 1. The number of nitrogen functional groups attached to an aromatic ring is 1. The largest absolute Gasteiger partial charge is 0.399 e. The van der Waals surface area contributed by atoms with E-state index in [1.165, 1.54) is 5.56 Å². The van der Waals surface area contributed by atoms with Crippen LogP contribution in [0.25, 0.3) is 5.65 Å². The van der Waals surface area contributed by atoms with Gasteiger partial charge in [0, 0.05) is 17.4 Å². The summed E-state index contributed by atoms with van der Waals surface area (Å²) >= 11 is 0. The van der Waals surface area contributed by atoms with Crippen molar-refractivity contribution in [3.05, 3.63) is 59.5 Å². The number of nitrogens with two attached hydrogens (primary N) is 1. The molecule has 1 aromatic carbocycles. The molecule has 2 heterocycles. The third-order valence-electron chi connectivity index (χ3n) is 3.30. The fourth-order valence-electron chi connectivity index (χ4n) is 2.23. The van der Waals surface area contributed by atoms with Crippen LogP contribution < -0.4 is 5.73 Å². The highest BCUT2D eigenvalue weighted by Gasteiger charge is 2.05. The maximum atomic E-state index is 5.87. The molecule has 3 rings (SSSR count). The molecule has 0 saturated carbocycles. The van der Waals surface area contributed by atoms with Crippen molar-refractivity contribution < 1.29 is 0 Å². The van der Waals surface area contributed by atoms with Gasteiger partial charge in [-0.15, -0.1) is 0 Å². The molecule has 0 radical (unpaired) electrons. The molecule has 2 N–H and O–H groups in total. The van der Waals surface area contributed by atoms with E-state index in [0.717, 1.165) is 22.6 Å². The second-order valence-electron chi connectivity index (χ2n) is 5.19. The average Bonchev–Trinajstić information content (AvgIpc) is 2.88. The molecule has 4 nitrogen and oxygen atoms in total. The van der Waals surface area contributed by atoms with Crippen LogP contribution >= 0.6 is 0 Å². The SMILES string of the molecule is CC(C)c1ccc(N)cc1C#Cc1cnc2cccnn12. The molecular weight excluding hydrogens is 260 g/mol. The van der Waals surface area contributed by atoms with Crippen LogP contribution in [-0.2, 0) is 0 Å². The first-order chi connectivity index (χ1) is 10.1. The van der Waals surface area contributed by atoms with E-state index in [1.54, 1.807) is 16.9 Å². The minimum atomic E-state index is 0.398. The van der Waals surface area contributed by atoms with Crippen LogP contribution in [-0.4, -0.2) is 14.6 Å². The molecule has 0 saturated heterocycles. The molecule has 0 fully saturated rings. The Morgan fingerprint density at radius 2 is 2.05 bits per heavy atom. The number of anilines is 1. The summed E-state index contributed by atoms with van der Waals surface area (Å²) in [5.41, 5.74) is 10.3. The van der Waals surface area contributed by atoms with Crippen LogP contribution in [0.1, 0.15) is 36.6 Å². The zero-order valence-electron chi connectivity index (χ0n) is 12.0. The Balaban J connectivity index is 2.07. The van der Waals surface area contributed by atoms with Crippen LogP contribution in [0.4, 0.5) is 5.69 Å². The Hall–Kier alpha value is -2.80. The molecule has 0 unspecified atom stereocenters. The van der Waals surface area contributed by atoms with E-state index >= 15 is 0 Å². The normalized spacial score (nSPS) is 10.6. The van der Waals surface area contributed by atoms with Gasteiger partial charge in [0.1, 0.15) is 5.69 Å². The highest BCUT2D eigenvalue weighted by Crippen LogP contribution is 2.21. The van der Waals surface area contributed by atoms with Gasteiger partial charge in [-0.1, -0.05) is 25.8 Å². The minimum absolute atomic E-state index is 0.398. The van der Waals surface area contributed by atoms with Gasteiger partial charge >= 0.3 is 0 Å². The van der Waals surface area contributed by atoms with Crippen LogP contribution in [0.3, 0.4) is 0 Å². The Labute approximate surface area is 123 Å². The topological polar surface area (TPSA) is 56.2 Å². The summed E-state index contributed by atoms with van der Waals surface area (Å²) in [5.74, 6) is 6.74. The zero-order valence-corrected chi connectivity index (χ0v) is 12.0. The average molecular weight is 276 g/mol. The number of hydrogen-bond acceptors (Lipinski definition) is 3. The summed E-state index contributed by atoms with van der Waals surface area (Å²) in [7, 11) is 0. The third kappa shape index (κ3) is 2.59. The molecule has 0 aliphatic carbocycles. The summed E-state index contributed by atoms with van der Waals surface area (Å²) in [6, 6.07) is 9.62. The summed E-state index contributed by atoms with van der Waals surface area (Å²) in [4.78, 5) is 4.28. The lowest BCUT2D eigenvalue weighted by Crippen LogP contribution is -1.96. The van der Waals surface area contributed by atoms with Crippen LogP contribution in [0.2, 0.25) is 0 Å². The standard InChI is InChI=1S/C17H16N4/c1-12(2)16-8-6-14(18)10-13(16)5-7-15-11-19-17-4-3-9-20-21(15)17/h3-4,6,8-12H,18H2,1-2H3. The lowest BCUT2D eigenvalue weighted by Gasteiger charge is -2.08. The van der Waals surface area contributed by atoms with E-state index in [9.17, 15) is 0 Å². The number of benzene rings is 1. The van der Waals surface area contributed by atoms with Crippen LogP contribution in [0.15, 0.2) is 42.7 Å². The first-order valence-corrected chi connectivity index (χ1v) is 6.85. The van der Waals surface area contributed by atoms with Crippen LogP contribution in [0.5, 0.6) is 0 Å². The third-order valence-corrected chi connectivity index (χ3v) is 3.30. The van der Waals surface area contributed by atoms with Crippen molar-refractivity contribution in [2.75, 3.05) is 5.73 Å². The number of rotatable bonds is 1. The van der Waals surface area contributed by atoms with Crippen molar-refractivity contribution in [2.45, 2.75) is 19.8 Å². The van der Waals surface area contributed by atoms with Gasteiger partial charge in [-0.3, -0.25) is 0 Å². The van der Waals surface area contributed by atoms with Crippen molar-refractivity contribution in [3.63, 3.8) is 0 Å². The monoisotopic (exact) mass is 276 g/mol. The molecular formula is C17H16N4. The van der Waals surface area contributed by atoms with Crippen molar-refractivity contribution in [1.29, 1.82) is 0 Å². The first-order valence-electron chi connectivity index (χ1n) is 6.85. The van der Waals surface area contributed by atoms with Gasteiger partial charge in [-0.05, 0) is 41.7 Å². The molecule has 0 amide bonds. The molecule has 3 aromatic rings. The highest BCUT2D eigenvalue weighted by molar-refractivity contribution is 5.54. The van der Waals surface area contributed by atoms with Crippen LogP contribution in [0, 0.1) is 11.8 Å². The van der Waals surface area contributed by atoms with Gasteiger partial charge in [0.05, 0.1) is 6.20 Å². The van der Waals surface area contributed by atoms with E-state index in [1.807, 2.05) is 30.3 Å². The molecule has 0 aliphatic rings. The fourth-order valence-corrected chi connectivity index (χ4v) is 2.23. The van der Waals surface area contributed by atoms with E-state index < -0.39 is 0 Å². The lowest BCUT2D eigenvalue weighted by molar-refractivity contribution is 0.863. The summed E-state index contributed by atoms with van der Waals surface area (Å²) in [6.07, 6.45) is 3.45. The van der Waals surface area contributed by atoms with E-state index in [-0.39, 0.29) is 0 Å². The Morgan fingerprint density at radius 1 is 1.19 bits per heavy atom. The van der Waals surface area contributed by atoms with Gasteiger partial charge < -0.3 is 5.73 Å². The maximum Gasteiger partial charge on any atom is 0.154 e. The highest BCUT2D eigenvalue weighted by atomic mass is 15.2. The lowest BCUT2D eigenvalue weighted by atomic mass is 9.97. The number of nitrogens with zero attached hydrogens (tertiary/aromatic N) is 3. The quantitative estimate of drug-likeness (QED) is 0.549. The van der Waals surface area contributed by atoms with Gasteiger partial charge in [-0.2, -0.15) is 5.10 Å².